The van der Waals surface area contributed by atoms with E-state index >= 15 is 0 Å². The van der Waals surface area contributed by atoms with Crippen LogP contribution in [0, 0.1) is 0 Å². The molecular formula is C13H19N3O4. The monoisotopic (exact) mass is 281 g/mol. The van der Waals surface area contributed by atoms with Gasteiger partial charge < -0.3 is 19.8 Å². The van der Waals surface area contributed by atoms with Crippen LogP contribution in [-0.4, -0.2) is 40.3 Å². The minimum atomic E-state index is -1.07. The number of hydrogen-bond acceptors (Lipinski definition) is 5. The van der Waals surface area contributed by atoms with Gasteiger partial charge in [0.2, 0.25) is 0 Å². The molecule has 1 aliphatic carbocycles. The standard InChI is InChI=1S/C13H19N3O4/c1-12(2,3)20-11(18)16-13(10(17)19-4)5-8(13)9-6-14-7-15-9/h6-8H,5H2,1-4H3,(H,14,15)(H,16,18)/t8-,13+/m0/s1. The molecule has 1 aromatic rings. The van der Waals surface area contributed by atoms with Crippen molar-refractivity contribution in [2.75, 3.05) is 7.11 Å². The molecule has 1 aromatic heterocycles. The summed E-state index contributed by atoms with van der Waals surface area (Å²) in [4.78, 5) is 30.7. The first kappa shape index (κ1) is 14.4. The minimum Gasteiger partial charge on any atom is -0.467 e. The minimum absolute atomic E-state index is 0.176. The highest BCUT2D eigenvalue weighted by Gasteiger charge is 2.64. The molecule has 0 bridgehead atoms. The third-order valence-corrected chi connectivity index (χ3v) is 3.13. The lowest BCUT2D eigenvalue weighted by molar-refractivity contribution is -0.144. The first-order valence-electron chi connectivity index (χ1n) is 6.36. The number of carbonyl (C=O) groups excluding carboxylic acids is 2. The first-order chi connectivity index (χ1) is 9.28. The van der Waals surface area contributed by atoms with Crippen LogP contribution in [0.25, 0.3) is 0 Å². The summed E-state index contributed by atoms with van der Waals surface area (Å²) in [6, 6.07) is 0. The molecule has 1 aliphatic rings. The van der Waals surface area contributed by atoms with E-state index < -0.39 is 23.2 Å². The summed E-state index contributed by atoms with van der Waals surface area (Å²) >= 11 is 0. The number of H-pyrrole nitrogens is 1. The predicted octanol–water partition coefficient (Wildman–Crippen LogP) is 1.33. The van der Waals surface area contributed by atoms with Crippen molar-refractivity contribution in [2.45, 2.75) is 44.2 Å². The van der Waals surface area contributed by atoms with Crippen molar-refractivity contribution in [3.63, 3.8) is 0 Å². The number of carbonyl (C=O) groups is 2. The molecule has 1 fully saturated rings. The Kier molecular flexibility index (Phi) is 3.45. The maximum Gasteiger partial charge on any atom is 0.408 e. The first-order valence-corrected chi connectivity index (χ1v) is 6.36. The predicted molar refractivity (Wildman–Crippen MR) is 70.1 cm³/mol. The largest absolute Gasteiger partial charge is 0.467 e. The van der Waals surface area contributed by atoms with Gasteiger partial charge in [0.15, 0.2) is 0 Å². The number of imidazole rings is 1. The molecule has 0 spiro atoms. The smallest absolute Gasteiger partial charge is 0.408 e. The van der Waals surface area contributed by atoms with E-state index in [9.17, 15) is 9.59 Å². The van der Waals surface area contributed by atoms with Crippen molar-refractivity contribution in [1.82, 2.24) is 15.3 Å². The molecule has 2 rings (SSSR count). The van der Waals surface area contributed by atoms with E-state index in [1.165, 1.54) is 13.4 Å². The summed E-state index contributed by atoms with van der Waals surface area (Å²) in [5.41, 5.74) is -0.907. The van der Waals surface area contributed by atoms with Gasteiger partial charge >= 0.3 is 12.1 Å². The van der Waals surface area contributed by atoms with Gasteiger partial charge in [-0.1, -0.05) is 0 Å². The van der Waals surface area contributed by atoms with Gasteiger partial charge in [-0.05, 0) is 27.2 Å². The molecule has 0 unspecified atom stereocenters. The Balaban J connectivity index is 2.11. The third-order valence-electron chi connectivity index (χ3n) is 3.13. The SMILES string of the molecule is COC(=O)[C@@]1(NC(=O)OC(C)(C)C)C[C@H]1c1cnc[nH]1. The van der Waals surface area contributed by atoms with Gasteiger partial charge in [0, 0.05) is 17.8 Å². The molecule has 7 nitrogen and oxygen atoms in total. The lowest BCUT2D eigenvalue weighted by Gasteiger charge is -2.23. The average molecular weight is 281 g/mol. The molecule has 20 heavy (non-hydrogen) atoms. The van der Waals surface area contributed by atoms with Gasteiger partial charge in [0.1, 0.15) is 11.1 Å². The summed E-state index contributed by atoms with van der Waals surface area (Å²) in [6.45, 7) is 5.28. The number of nitrogens with one attached hydrogen (secondary N) is 2. The van der Waals surface area contributed by atoms with E-state index in [0.29, 0.717) is 6.42 Å². The van der Waals surface area contributed by atoms with E-state index in [-0.39, 0.29) is 5.92 Å². The Morgan fingerprint density at radius 2 is 2.20 bits per heavy atom. The summed E-state index contributed by atoms with van der Waals surface area (Å²) in [7, 11) is 1.29. The molecule has 0 radical (unpaired) electrons. The Bertz CT molecular complexity index is 506. The normalized spacial score (nSPS) is 24.9. The molecule has 2 N–H and O–H groups in total. The molecular weight excluding hydrogens is 262 g/mol. The summed E-state index contributed by atoms with van der Waals surface area (Å²) in [5.74, 6) is -0.659. The zero-order chi connectivity index (χ0) is 15.0. The number of amides is 1. The zero-order valence-corrected chi connectivity index (χ0v) is 12.0. The lowest BCUT2D eigenvalue weighted by atomic mass is 10.1. The quantitative estimate of drug-likeness (QED) is 0.815. The Morgan fingerprint density at radius 1 is 1.50 bits per heavy atom. The Labute approximate surface area is 117 Å². The molecule has 0 aliphatic heterocycles. The van der Waals surface area contributed by atoms with Crippen molar-refractivity contribution < 1.29 is 19.1 Å². The summed E-state index contributed by atoms with van der Waals surface area (Å²) < 4.78 is 9.98. The third kappa shape index (κ3) is 2.76. The van der Waals surface area contributed by atoms with Crippen molar-refractivity contribution in [1.29, 1.82) is 0 Å². The van der Waals surface area contributed by atoms with Gasteiger partial charge in [-0.2, -0.15) is 0 Å². The fourth-order valence-corrected chi connectivity index (χ4v) is 2.18. The molecule has 2 atom stereocenters. The van der Waals surface area contributed by atoms with Crippen molar-refractivity contribution in [2.24, 2.45) is 0 Å². The van der Waals surface area contributed by atoms with E-state index in [1.54, 1.807) is 27.0 Å². The molecule has 1 amide bonds. The van der Waals surface area contributed by atoms with Gasteiger partial charge in [0.25, 0.3) is 0 Å². The summed E-state index contributed by atoms with van der Waals surface area (Å²) in [5, 5.41) is 2.63. The van der Waals surface area contributed by atoms with Crippen LogP contribution in [0.4, 0.5) is 4.79 Å². The van der Waals surface area contributed by atoms with Crippen LogP contribution in [0.5, 0.6) is 0 Å². The van der Waals surface area contributed by atoms with Crippen LogP contribution in [0.15, 0.2) is 12.5 Å². The number of hydrogen-bond donors (Lipinski definition) is 2. The van der Waals surface area contributed by atoms with E-state index in [0.717, 1.165) is 5.69 Å². The second-order valence-corrected chi connectivity index (χ2v) is 5.85. The highest BCUT2D eigenvalue weighted by Crippen LogP contribution is 2.51. The van der Waals surface area contributed by atoms with Gasteiger partial charge in [0.05, 0.1) is 13.4 Å². The Hall–Kier alpha value is -2.05. The van der Waals surface area contributed by atoms with Crippen LogP contribution in [0.1, 0.15) is 38.8 Å². The van der Waals surface area contributed by atoms with Crippen LogP contribution in [0.3, 0.4) is 0 Å². The number of methoxy groups -OCH3 is 1. The maximum atomic E-state index is 12.0. The molecule has 1 heterocycles. The highest BCUT2D eigenvalue weighted by molar-refractivity contribution is 5.91. The Morgan fingerprint density at radius 3 is 2.70 bits per heavy atom. The fraction of sp³-hybridized carbons (Fsp3) is 0.615. The van der Waals surface area contributed by atoms with Gasteiger partial charge in [-0.15, -0.1) is 0 Å². The summed E-state index contributed by atoms with van der Waals surface area (Å²) in [6.07, 6.45) is 2.99. The maximum absolute atomic E-state index is 12.0. The molecule has 0 saturated heterocycles. The number of ether oxygens (including phenoxy) is 2. The van der Waals surface area contributed by atoms with Crippen LogP contribution >= 0.6 is 0 Å². The second kappa shape index (κ2) is 4.81. The van der Waals surface area contributed by atoms with Gasteiger partial charge in [-0.3, -0.25) is 0 Å². The van der Waals surface area contributed by atoms with Crippen LogP contribution < -0.4 is 5.32 Å². The van der Waals surface area contributed by atoms with E-state index in [1.807, 2.05) is 0 Å². The molecule has 0 aromatic carbocycles. The molecule has 1 saturated carbocycles. The number of rotatable bonds is 3. The number of alkyl carbamates (subject to hydrolysis) is 1. The number of esters is 1. The van der Waals surface area contributed by atoms with Gasteiger partial charge in [-0.25, -0.2) is 14.6 Å². The van der Waals surface area contributed by atoms with Crippen LogP contribution in [-0.2, 0) is 14.3 Å². The second-order valence-electron chi connectivity index (χ2n) is 5.85. The average Bonchev–Trinajstić information content (AvgIpc) is 2.82. The van der Waals surface area contributed by atoms with E-state index in [4.69, 9.17) is 9.47 Å². The topological polar surface area (TPSA) is 93.3 Å². The van der Waals surface area contributed by atoms with Crippen molar-refractivity contribution in [3.8, 4) is 0 Å². The molecule has 110 valence electrons. The zero-order valence-electron chi connectivity index (χ0n) is 12.0. The highest BCUT2D eigenvalue weighted by atomic mass is 16.6. The number of nitrogens with zero attached hydrogens (tertiary/aromatic N) is 1. The molecule has 7 heteroatoms. The lowest BCUT2D eigenvalue weighted by Crippen LogP contribution is -2.47. The number of aromatic nitrogens is 2. The van der Waals surface area contributed by atoms with Crippen molar-refractivity contribution >= 4 is 12.1 Å². The van der Waals surface area contributed by atoms with E-state index in [2.05, 4.69) is 15.3 Å². The fourth-order valence-electron chi connectivity index (χ4n) is 2.18. The van der Waals surface area contributed by atoms with Crippen molar-refractivity contribution in [3.05, 3.63) is 18.2 Å². The number of aromatic amines is 1. The van der Waals surface area contributed by atoms with Crippen LogP contribution in [0.2, 0.25) is 0 Å².